The maximum Gasteiger partial charge on any atom is 0 e. The maximum atomic E-state index is 4.67. The second-order valence-corrected chi connectivity index (χ2v) is 3.58. The van der Waals surface area contributed by atoms with E-state index in [9.17, 15) is 0 Å². The van der Waals surface area contributed by atoms with Crippen molar-refractivity contribution >= 4 is 29.6 Å². The number of hydrogen-bond donors (Lipinski definition) is 0. The summed E-state index contributed by atoms with van der Waals surface area (Å²) in [7, 11) is 14.0. The van der Waals surface area contributed by atoms with Crippen LogP contribution in [0, 0.1) is 5.41 Å². The summed E-state index contributed by atoms with van der Waals surface area (Å²) >= 11 is 0. The number of rotatable bonds is 0. The van der Waals surface area contributed by atoms with E-state index in [0.29, 0.717) is 5.41 Å². The molecule has 0 saturated heterocycles. The van der Waals surface area contributed by atoms with Gasteiger partial charge in [0.1, 0.15) is 0 Å². The third-order valence-corrected chi connectivity index (χ3v) is 0. The van der Waals surface area contributed by atoms with Crippen LogP contribution in [0.3, 0.4) is 0 Å². The van der Waals surface area contributed by atoms with Gasteiger partial charge < -0.3 is 0 Å². The van der Waals surface area contributed by atoms with E-state index < -0.39 is 6.39 Å². The minimum absolute atomic E-state index is 0.500. The molecular formula is C5H12B4. The van der Waals surface area contributed by atoms with Crippen molar-refractivity contribution in [3.63, 3.8) is 0 Å². The molecule has 0 unspecified atom stereocenters. The summed E-state index contributed by atoms with van der Waals surface area (Å²) in [5.74, 6) is 0. The Morgan fingerprint density at radius 1 is 0.889 bits per heavy atom. The van der Waals surface area contributed by atoms with Gasteiger partial charge in [-0.05, 0) is 5.41 Å². The Morgan fingerprint density at radius 2 is 0.889 bits per heavy atom. The van der Waals surface area contributed by atoms with Gasteiger partial charge in [0.15, 0.2) is 0 Å². The summed E-state index contributed by atoms with van der Waals surface area (Å²) in [6, 6.07) is 0. The molecule has 0 bridgehead atoms. The molecule has 0 nitrogen and oxygen atoms in total. The Morgan fingerprint density at radius 3 is 0.889 bits per heavy atom. The highest BCUT2D eigenvalue weighted by Crippen LogP contribution is 2.07. The average molecular weight is 115 g/mol. The Balaban J connectivity index is 0. The van der Waals surface area contributed by atoms with Gasteiger partial charge in [-0.15, -0.1) is 0 Å². The lowest BCUT2D eigenvalue weighted by molar-refractivity contribution is 0.469. The standard InChI is InChI=1S/C5H12.B4/c1-5(2,3)4;1-4(2)3/h1-4H3;. The molecule has 0 aromatic rings. The zero-order valence-electron chi connectivity index (χ0n) is 6.81. The fourth-order valence-electron chi connectivity index (χ4n) is 0. The second-order valence-electron chi connectivity index (χ2n) is 3.58. The van der Waals surface area contributed by atoms with Gasteiger partial charge in [0.2, 0.25) is 0 Å². The highest BCUT2D eigenvalue weighted by atomic mass is 14.0. The zero-order valence-corrected chi connectivity index (χ0v) is 6.81. The van der Waals surface area contributed by atoms with Gasteiger partial charge in [-0.2, -0.15) is 0 Å². The average Bonchev–Trinajstić information content (AvgIpc) is 1.19. The van der Waals surface area contributed by atoms with Crippen molar-refractivity contribution in [2.75, 3.05) is 0 Å². The van der Waals surface area contributed by atoms with E-state index in [2.05, 4.69) is 50.9 Å². The lowest BCUT2D eigenvalue weighted by Gasteiger charge is -2.05. The van der Waals surface area contributed by atoms with Crippen LogP contribution in [0.15, 0.2) is 0 Å². The van der Waals surface area contributed by atoms with Gasteiger partial charge >= 0.3 is 0 Å². The van der Waals surface area contributed by atoms with Crippen LogP contribution in [-0.4, -0.2) is 29.6 Å². The summed E-state index contributed by atoms with van der Waals surface area (Å²) in [5.41, 5.74) is 0.500. The molecule has 0 heterocycles. The van der Waals surface area contributed by atoms with E-state index in [-0.39, 0.29) is 0 Å². The molecule has 0 amide bonds. The Bertz CT molecular complexity index is 45.7. The van der Waals surface area contributed by atoms with Gasteiger partial charge in [-0.3, -0.25) is 0 Å². The first-order valence-electron chi connectivity index (χ1n) is 3.00. The molecular weight excluding hydrogens is 103 g/mol. The molecule has 0 rings (SSSR count). The van der Waals surface area contributed by atoms with E-state index in [1.54, 1.807) is 0 Å². The number of hydrogen-bond acceptors (Lipinski definition) is 0. The molecule has 44 valence electrons. The molecule has 0 atom stereocenters. The summed E-state index contributed by atoms with van der Waals surface area (Å²) in [4.78, 5) is 0. The lowest BCUT2D eigenvalue weighted by atomic mass is 9.08. The third kappa shape index (κ3) is 4800. The minimum atomic E-state index is -0.667. The van der Waals surface area contributed by atoms with Gasteiger partial charge in [0, 0.05) is 29.6 Å². The van der Waals surface area contributed by atoms with E-state index in [4.69, 9.17) is 0 Å². The first-order chi connectivity index (χ1) is 3.73. The fourth-order valence-corrected chi connectivity index (χ4v) is 0. The van der Waals surface area contributed by atoms with Crippen LogP contribution < -0.4 is 0 Å². The minimum Gasteiger partial charge on any atom is -0.0604 e. The first kappa shape index (κ1) is 12.0. The molecule has 0 saturated carbocycles. The quantitative estimate of drug-likeness (QED) is 0.404. The van der Waals surface area contributed by atoms with Gasteiger partial charge in [0.25, 0.3) is 0 Å². The highest BCUT2D eigenvalue weighted by Gasteiger charge is 1.95. The normalized spacial score (nSPS) is 9.33. The van der Waals surface area contributed by atoms with Crippen molar-refractivity contribution in [1.82, 2.24) is 0 Å². The van der Waals surface area contributed by atoms with Crippen LogP contribution in [0.2, 0.25) is 0 Å². The predicted molar refractivity (Wildman–Crippen MR) is 48.1 cm³/mol. The third-order valence-electron chi connectivity index (χ3n) is 0. The van der Waals surface area contributed by atoms with Crippen LogP contribution in [0.1, 0.15) is 27.7 Å². The summed E-state index contributed by atoms with van der Waals surface area (Å²) in [5, 5.41) is 0. The highest BCUT2D eigenvalue weighted by molar-refractivity contribution is 7.49. The van der Waals surface area contributed by atoms with E-state index in [0.717, 1.165) is 0 Å². The van der Waals surface area contributed by atoms with Crippen molar-refractivity contribution < 1.29 is 0 Å². The van der Waals surface area contributed by atoms with Crippen molar-refractivity contribution in [2.45, 2.75) is 27.7 Å². The molecule has 0 aromatic heterocycles. The van der Waals surface area contributed by atoms with Gasteiger partial charge in [-0.1, -0.05) is 27.7 Å². The smallest absolute Gasteiger partial charge is 0 e. The van der Waals surface area contributed by atoms with E-state index in [1.807, 2.05) is 0 Å². The van der Waals surface area contributed by atoms with Crippen molar-refractivity contribution in [1.29, 1.82) is 0 Å². The van der Waals surface area contributed by atoms with Crippen LogP contribution in [0.25, 0.3) is 0 Å². The summed E-state index contributed by atoms with van der Waals surface area (Å²) < 4.78 is 0. The van der Waals surface area contributed by atoms with Crippen molar-refractivity contribution in [2.24, 2.45) is 5.41 Å². The zero-order chi connectivity index (χ0) is 8.08. The maximum absolute atomic E-state index is 4.67. The molecule has 0 N–H and O–H groups in total. The molecule has 0 aromatic carbocycles. The molecule has 0 spiro atoms. The van der Waals surface area contributed by atoms with E-state index in [1.165, 1.54) is 0 Å². The largest absolute Gasteiger partial charge is 0.0604 e. The summed E-state index contributed by atoms with van der Waals surface area (Å²) in [6.07, 6.45) is -0.667. The van der Waals surface area contributed by atoms with Crippen molar-refractivity contribution in [3.05, 3.63) is 0 Å². The summed E-state index contributed by atoms with van der Waals surface area (Å²) in [6.45, 7) is 8.75. The first-order valence-corrected chi connectivity index (χ1v) is 3.00. The van der Waals surface area contributed by atoms with Crippen LogP contribution in [-0.2, 0) is 0 Å². The SMILES string of the molecule is CC(C)(C)C.[B]B([B])[B]. The van der Waals surface area contributed by atoms with Gasteiger partial charge in [-0.25, -0.2) is 0 Å². The molecule has 0 aliphatic carbocycles. The predicted octanol–water partition coefficient (Wildman–Crippen LogP) is 0.529. The fraction of sp³-hybridized carbons (Fsp3) is 1.00. The van der Waals surface area contributed by atoms with Crippen LogP contribution in [0.4, 0.5) is 0 Å². The monoisotopic (exact) mass is 116 g/mol. The Labute approximate surface area is 63.4 Å². The van der Waals surface area contributed by atoms with Crippen LogP contribution >= 0.6 is 0 Å². The van der Waals surface area contributed by atoms with Crippen molar-refractivity contribution in [3.8, 4) is 0 Å². The molecule has 0 aliphatic heterocycles. The molecule has 0 aliphatic rings. The molecule has 9 heavy (non-hydrogen) atoms. The Hall–Kier alpha value is 0.260. The molecule has 0 fully saturated rings. The second kappa shape index (κ2) is 5.08. The van der Waals surface area contributed by atoms with E-state index >= 15 is 0 Å². The lowest BCUT2D eigenvalue weighted by Crippen LogP contribution is -2.11. The van der Waals surface area contributed by atoms with Gasteiger partial charge in [0.05, 0.1) is 0 Å². The molecule has 6 radical (unpaired) electrons. The molecule has 4 heteroatoms. The van der Waals surface area contributed by atoms with Crippen LogP contribution in [0.5, 0.6) is 0 Å². The Kier molecular flexibility index (Phi) is 6.76. The topological polar surface area (TPSA) is 0 Å².